The van der Waals surface area contributed by atoms with Gasteiger partial charge in [0.25, 0.3) is 0 Å². The van der Waals surface area contributed by atoms with E-state index in [1.165, 1.54) is 38.5 Å². The number of ether oxygens (including phenoxy) is 1. The smallest absolute Gasteiger partial charge is 0.119 e. The van der Waals surface area contributed by atoms with E-state index in [-0.39, 0.29) is 0 Å². The average Bonchev–Trinajstić information content (AvgIpc) is 3.05. The highest BCUT2D eigenvalue weighted by atomic mass is 16.5. The summed E-state index contributed by atoms with van der Waals surface area (Å²) >= 11 is 0. The molecule has 1 nitrogen and oxygen atoms in total. The van der Waals surface area contributed by atoms with E-state index in [1.54, 1.807) is 23.8 Å². The van der Waals surface area contributed by atoms with Gasteiger partial charge in [0.1, 0.15) is 5.75 Å². The van der Waals surface area contributed by atoms with Crippen LogP contribution in [0.25, 0.3) is 0 Å². The molecule has 2 saturated carbocycles. The zero-order valence-electron chi connectivity index (χ0n) is 16.1. The van der Waals surface area contributed by atoms with E-state index in [9.17, 15) is 0 Å². The highest BCUT2D eigenvalue weighted by molar-refractivity contribution is 5.41. The average molecular weight is 347 g/mol. The van der Waals surface area contributed by atoms with Crippen molar-refractivity contribution in [1.29, 1.82) is 0 Å². The molecule has 0 aliphatic heterocycles. The van der Waals surface area contributed by atoms with Gasteiger partial charge in [-0.2, -0.15) is 0 Å². The summed E-state index contributed by atoms with van der Waals surface area (Å²) in [5.74, 6) is 4.32. The van der Waals surface area contributed by atoms with Crippen LogP contribution in [-0.4, -0.2) is 7.11 Å². The molecule has 136 valence electrons. The second-order valence-electron chi connectivity index (χ2n) is 9.07. The summed E-state index contributed by atoms with van der Waals surface area (Å²) in [4.78, 5) is 0. The molecule has 0 radical (unpaired) electrons. The Kier molecular flexibility index (Phi) is 3.88. The van der Waals surface area contributed by atoms with Crippen LogP contribution in [0.15, 0.2) is 48.5 Å². The van der Waals surface area contributed by atoms with E-state index in [4.69, 9.17) is 4.74 Å². The van der Waals surface area contributed by atoms with Gasteiger partial charge >= 0.3 is 0 Å². The topological polar surface area (TPSA) is 9.23 Å². The highest BCUT2D eigenvalue weighted by Gasteiger charge is 2.54. The predicted molar refractivity (Wildman–Crippen MR) is 107 cm³/mol. The van der Waals surface area contributed by atoms with Crippen molar-refractivity contribution in [2.75, 3.05) is 7.11 Å². The summed E-state index contributed by atoms with van der Waals surface area (Å²) in [5, 5.41) is 0. The molecule has 2 aromatic carbocycles. The van der Waals surface area contributed by atoms with Crippen LogP contribution >= 0.6 is 0 Å². The summed E-state index contributed by atoms with van der Waals surface area (Å²) in [6.45, 7) is 2.61. The monoisotopic (exact) mass is 346 g/mol. The van der Waals surface area contributed by atoms with Crippen molar-refractivity contribution in [3.63, 3.8) is 0 Å². The van der Waals surface area contributed by atoms with Crippen LogP contribution in [0.3, 0.4) is 0 Å². The van der Waals surface area contributed by atoms with Crippen LogP contribution in [0.5, 0.6) is 5.75 Å². The molecule has 0 heterocycles. The molecular weight excluding hydrogens is 316 g/mol. The SMILES string of the molecule is COc1ccc2c(c1)CC[C@@H]1[C@@H]2CC[C@]2(C)[C@@H](c3ccccc3)CC[C@@H]12. The standard InChI is InChI=1S/C25H30O/c1-25-15-14-21-20-11-9-19(26-2)16-18(20)8-10-22(21)24(25)13-12-23(25)17-6-4-3-5-7-17/h3-7,9,11,16,21-24H,8,10,12-15H2,1-2H3/t21-,22-,23-,24+,25-/m1/s1. The highest BCUT2D eigenvalue weighted by Crippen LogP contribution is 2.65. The number of fused-ring (bicyclic) bond motifs is 5. The van der Waals surface area contributed by atoms with Gasteiger partial charge in [-0.15, -0.1) is 0 Å². The van der Waals surface area contributed by atoms with Crippen LogP contribution < -0.4 is 4.74 Å². The summed E-state index contributed by atoms with van der Waals surface area (Å²) in [6.07, 6.45) is 8.14. The summed E-state index contributed by atoms with van der Waals surface area (Å²) in [7, 11) is 1.78. The van der Waals surface area contributed by atoms with E-state index in [0.717, 1.165) is 29.4 Å². The number of hydrogen-bond donors (Lipinski definition) is 0. The Balaban J connectivity index is 1.46. The summed E-state index contributed by atoms with van der Waals surface area (Å²) in [5.41, 5.74) is 5.25. The first-order valence-electron chi connectivity index (χ1n) is 10.4. The largest absolute Gasteiger partial charge is 0.497 e. The van der Waals surface area contributed by atoms with Gasteiger partial charge in [0, 0.05) is 0 Å². The van der Waals surface area contributed by atoms with Crippen LogP contribution in [0.2, 0.25) is 0 Å². The lowest BCUT2D eigenvalue weighted by Gasteiger charge is -2.51. The minimum absolute atomic E-state index is 0.493. The molecule has 0 spiro atoms. The van der Waals surface area contributed by atoms with Crippen molar-refractivity contribution >= 4 is 0 Å². The molecular formula is C25H30O. The minimum Gasteiger partial charge on any atom is -0.497 e. The molecule has 3 aliphatic carbocycles. The number of methoxy groups -OCH3 is 1. The molecule has 1 heteroatoms. The minimum atomic E-state index is 0.493. The van der Waals surface area contributed by atoms with Crippen molar-refractivity contribution in [2.45, 2.75) is 57.3 Å². The second kappa shape index (κ2) is 6.15. The number of rotatable bonds is 2. The Labute approximate surface area is 157 Å². The molecule has 2 aromatic rings. The van der Waals surface area contributed by atoms with E-state index in [1.807, 2.05) is 0 Å². The van der Waals surface area contributed by atoms with E-state index >= 15 is 0 Å². The summed E-state index contributed by atoms with van der Waals surface area (Å²) < 4.78 is 5.46. The molecule has 3 aliphatic rings. The van der Waals surface area contributed by atoms with E-state index in [0.29, 0.717) is 5.41 Å². The zero-order chi connectivity index (χ0) is 17.7. The lowest BCUT2D eigenvalue weighted by Crippen LogP contribution is -2.41. The van der Waals surface area contributed by atoms with Crippen LogP contribution in [0.1, 0.15) is 67.6 Å². The van der Waals surface area contributed by atoms with Crippen molar-refractivity contribution in [2.24, 2.45) is 17.3 Å². The molecule has 0 amide bonds. The van der Waals surface area contributed by atoms with Crippen molar-refractivity contribution in [1.82, 2.24) is 0 Å². The van der Waals surface area contributed by atoms with Gasteiger partial charge in [0.05, 0.1) is 7.11 Å². The van der Waals surface area contributed by atoms with Crippen molar-refractivity contribution in [3.8, 4) is 5.75 Å². The molecule has 2 fully saturated rings. The lowest BCUT2D eigenvalue weighted by molar-refractivity contribution is 0.0481. The van der Waals surface area contributed by atoms with Gasteiger partial charge in [-0.1, -0.05) is 43.3 Å². The third kappa shape index (κ3) is 2.36. The number of hydrogen-bond acceptors (Lipinski definition) is 1. The van der Waals surface area contributed by atoms with Gasteiger partial charge in [0.2, 0.25) is 0 Å². The van der Waals surface area contributed by atoms with E-state index in [2.05, 4.69) is 55.5 Å². The Morgan fingerprint density at radius 1 is 0.962 bits per heavy atom. The molecule has 5 rings (SSSR count). The fourth-order valence-electron chi connectivity index (χ4n) is 6.92. The number of aryl methyl sites for hydroxylation is 1. The van der Waals surface area contributed by atoms with Crippen molar-refractivity contribution in [3.05, 3.63) is 65.2 Å². The quantitative estimate of drug-likeness (QED) is 0.617. The van der Waals surface area contributed by atoms with Gasteiger partial charge in [-0.05, 0) is 96.4 Å². The normalized spacial score (nSPS) is 35.3. The maximum atomic E-state index is 5.46. The third-order valence-electron chi connectivity index (χ3n) is 8.14. The third-order valence-corrected chi connectivity index (χ3v) is 8.14. The van der Waals surface area contributed by atoms with Gasteiger partial charge < -0.3 is 4.74 Å². The fourth-order valence-corrected chi connectivity index (χ4v) is 6.92. The first-order valence-corrected chi connectivity index (χ1v) is 10.4. The molecule has 0 unspecified atom stereocenters. The Hall–Kier alpha value is -1.76. The van der Waals surface area contributed by atoms with Gasteiger partial charge in [0.15, 0.2) is 0 Å². The maximum absolute atomic E-state index is 5.46. The Bertz CT molecular complexity index is 795. The Morgan fingerprint density at radius 2 is 1.81 bits per heavy atom. The fraction of sp³-hybridized carbons (Fsp3) is 0.520. The van der Waals surface area contributed by atoms with Crippen LogP contribution in [0.4, 0.5) is 0 Å². The first-order chi connectivity index (χ1) is 12.7. The molecule has 0 saturated heterocycles. The first kappa shape index (κ1) is 16.4. The Morgan fingerprint density at radius 3 is 2.62 bits per heavy atom. The lowest BCUT2D eigenvalue weighted by atomic mass is 9.53. The van der Waals surface area contributed by atoms with Crippen molar-refractivity contribution < 1.29 is 4.74 Å². The van der Waals surface area contributed by atoms with Crippen LogP contribution in [0, 0.1) is 17.3 Å². The van der Waals surface area contributed by atoms with Gasteiger partial charge in [-0.25, -0.2) is 0 Å². The number of benzene rings is 2. The zero-order valence-corrected chi connectivity index (χ0v) is 16.1. The molecule has 0 bridgehead atoms. The van der Waals surface area contributed by atoms with Gasteiger partial charge in [-0.3, -0.25) is 0 Å². The van der Waals surface area contributed by atoms with E-state index < -0.39 is 0 Å². The predicted octanol–water partition coefficient (Wildman–Crippen LogP) is 6.34. The summed E-state index contributed by atoms with van der Waals surface area (Å²) in [6, 6.07) is 18.2. The molecule has 26 heavy (non-hydrogen) atoms. The van der Waals surface area contributed by atoms with Crippen LogP contribution in [-0.2, 0) is 6.42 Å². The molecule has 0 aromatic heterocycles. The second-order valence-corrected chi connectivity index (χ2v) is 9.07. The molecule has 5 atom stereocenters. The maximum Gasteiger partial charge on any atom is 0.119 e. The molecule has 0 N–H and O–H groups in total.